The van der Waals surface area contributed by atoms with Gasteiger partial charge in [-0.05, 0) is 19.8 Å². The smallest absolute Gasteiger partial charge is 0.158 e. The van der Waals surface area contributed by atoms with Crippen molar-refractivity contribution in [2.45, 2.75) is 52.4 Å². The van der Waals surface area contributed by atoms with E-state index in [1.807, 2.05) is 6.92 Å². The third kappa shape index (κ3) is 6.62. The van der Waals surface area contributed by atoms with Crippen LogP contribution in [0.3, 0.4) is 0 Å². The van der Waals surface area contributed by atoms with Gasteiger partial charge in [-0.2, -0.15) is 0 Å². The summed E-state index contributed by atoms with van der Waals surface area (Å²) in [4.78, 5) is 0. The van der Waals surface area contributed by atoms with Crippen molar-refractivity contribution >= 4 is 0 Å². The fourth-order valence-corrected chi connectivity index (χ4v) is 0.754. The van der Waals surface area contributed by atoms with Gasteiger partial charge in [0, 0.05) is 13.5 Å². The first-order valence-electron chi connectivity index (χ1n) is 4.80. The van der Waals surface area contributed by atoms with E-state index in [9.17, 15) is 0 Å². The van der Waals surface area contributed by atoms with Crippen LogP contribution in [-0.2, 0) is 9.47 Å². The second kappa shape index (κ2) is 7.56. The zero-order valence-corrected chi connectivity index (χ0v) is 8.51. The molecule has 2 heteroatoms. The van der Waals surface area contributed by atoms with Crippen LogP contribution in [0.25, 0.3) is 0 Å². The lowest BCUT2D eigenvalue weighted by Gasteiger charge is -2.17. The Morgan fingerprint density at radius 1 is 1.33 bits per heavy atom. The monoisotopic (exact) mass is 173 g/mol. The van der Waals surface area contributed by atoms with Gasteiger partial charge in [0.05, 0.1) is 6.10 Å². The maximum atomic E-state index is 5.41. The fourth-order valence-electron chi connectivity index (χ4n) is 0.754. The number of ether oxygens (including phenoxy) is 2. The molecule has 0 heterocycles. The molecule has 2 atom stereocenters. The van der Waals surface area contributed by atoms with Crippen molar-refractivity contribution < 1.29 is 9.47 Å². The van der Waals surface area contributed by atoms with Gasteiger partial charge >= 0.3 is 0 Å². The molecule has 0 aliphatic heterocycles. The van der Waals surface area contributed by atoms with Crippen molar-refractivity contribution in [3.8, 4) is 0 Å². The molecule has 0 aliphatic carbocycles. The van der Waals surface area contributed by atoms with E-state index >= 15 is 0 Å². The molecule has 0 saturated carbocycles. The molecule has 0 fully saturated rings. The van der Waals surface area contributed by atoms with Gasteiger partial charge in [0.1, 0.15) is 0 Å². The summed E-state index contributed by atoms with van der Waals surface area (Å²) in [6, 6.07) is 0. The predicted molar refractivity (Wildman–Crippen MR) is 50.8 cm³/mol. The first kappa shape index (κ1) is 11.9. The van der Waals surface area contributed by atoms with Crippen LogP contribution in [0.5, 0.6) is 0 Å². The summed E-state index contributed by atoms with van der Waals surface area (Å²) >= 11 is 0. The molecule has 0 N–H and O–H groups in total. The van der Waals surface area contributed by atoms with E-state index in [4.69, 9.17) is 9.47 Å². The lowest BCUT2D eigenvalue weighted by atomic mass is 10.3. The molecule has 0 aromatic carbocycles. The molecular weight excluding hydrogens is 152 g/mol. The van der Waals surface area contributed by atoms with Crippen LogP contribution in [0.4, 0.5) is 0 Å². The van der Waals surface area contributed by atoms with E-state index < -0.39 is 0 Å². The maximum absolute atomic E-state index is 5.41. The van der Waals surface area contributed by atoms with Gasteiger partial charge in [0.15, 0.2) is 6.29 Å². The minimum absolute atomic E-state index is 0.245. The van der Waals surface area contributed by atoms with E-state index in [-0.39, 0.29) is 12.4 Å². The largest absolute Gasteiger partial charge is 0.353 e. The zero-order valence-electron chi connectivity index (χ0n) is 8.51. The standard InChI is InChI=1S/C10H21O2/c1-5-7-8-11-10(4)12-9(3)6-2/h9-10H,4-8H2,1-3H3. The van der Waals surface area contributed by atoms with Gasteiger partial charge < -0.3 is 9.47 Å². The van der Waals surface area contributed by atoms with E-state index in [1.165, 1.54) is 0 Å². The van der Waals surface area contributed by atoms with Crippen molar-refractivity contribution in [1.82, 2.24) is 0 Å². The number of unbranched alkanes of at least 4 members (excludes halogenated alkanes) is 1. The van der Waals surface area contributed by atoms with Crippen LogP contribution >= 0.6 is 0 Å². The SMILES string of the molecule is [CH2]C(OCCCC)OC(C)CC. The Kier molecular flexibility index (Phi) is 7.51. The van der Waals surface area contributed by atoms with Gasteiger partial charge in [0.25, 0.3) is 0 Å². The number of hydrogen-bond acceptors (Lipinski definition) is 2. The fraction of sp³-hybridized carbons (Fsp3) is 0.900. The Balaban J connectivity index is 3.26. The van der Waals surface area contributed by atoms with Crippen molar-refractivity contribution in [3.05, 3.63) is 6.92 Å². The Hall–Kier alpha value is -0.0800. The van der Waals surface area contributed by atoms with Crippen LogP contribution in [0, 0.1) is 6.92 Å². The minimum atomic E-state index is -0.300. The third-order valence-electron chi connectivity index (χ3n) is 1.76. The predicted octanol–water partition coefficient (Wildman–Crippen LogP) is 2.78. The summed E-state index contributed by atoms with van der Waals surface area (Å²) in [5.74, 6) is 0. The average molecular weight is 173 g/mol. The Labute approximate surface area is 76.3 Å². The molecule has 0 spiro atoms. The topological polar surface area (TPSA) is 18.5 Å². The Morgan fingerprint density at radius 2 is 2.00 bits per heavy atom. The summed E-state index contributed by atoms with van der Waals surface area (Å²) in [5, 5.41) is 0. The first-order valence-corrected chi connectivity index (χ1v) is 4.80. The zero-order chi connectivity index (χ0) is 9.40. The molecule has 12 heavy (non-hydrogen) atoms. The lowest BCUT2D eigenvalue weighted by Crippen LogP contribution is -2.20. The van der Waals surface area contributed by atoms with Crippen LogP contribution in [0.1, 0.15) is 40.0 Å². The number of hydrogen-bond donors (Lipinski definition) is 0. The van der Waals surface area contributed by atoms with Crippen molar-refractivity contribution in [2.24, 2.45) is 0 Å². The van der Waals surface area contributed by atoms with Gasteiger partial charge in [-0.3, -0.25) is 0 Å². The van der Waals surface area contributed by atoms with Crippen molar-refractivity contribution in [3.63, 3.8) is 0 Å². The average Bonchev–Trinajstić information content (AvgIpc) is 2.05. The quantitative estimate of drug-likeness (QED) is 0.435. The van der Waals surface area contributed by atoms with E-state index in [2.05, 4.69) is 20.8 Å². The Morgan fingerprint density at radius 3 is 2.50 bits per heavy atom. The summed E-state index contributed by atoms with van der Waals surface area (Å²) < 4.78 is 10.7. The van der Waals surface area contributed by atoms with Gasteiger partial charge in [0.2, 0.25) is 0 Å². The van der Waals surface area contributed by atoms with Gasteiger partial charge in [-0.15, -0.1) is 0 Å². The maximum Gasteiger partial charge on any atom is 0.158 e. The molecular formula is C10H21O2. The van der Waals surface area contributed by atoms with Gasteiger partial charge in [-0.1, -0.05) is 20.3 Å². The van der Waals surface area contributed by atoms with E-state index in [0.29, 0.717) is 0 Å². The molecule has 73 valence electrons. The summed E-state index contributed by atoms with van der Waals surface area (Å²) in [6.45, 7) is 10.8. The highest BCUT2D eigenvalue weighted by Gasteiger charge is 2.05. The molecule has 0 amide bonds. The summed E-state index contributed by atoms with van der Waals surface area (Å²) in [6.07, 6.45) is 3.18. The van der Waals surface area contributed by atoms with Crippen LogP contribution in [0.15, 0.2) is 0 Å². The highest BCUT2D eigenvalue weighted by molar-refractivity contribution is 4.51. The van der Waals surface area contributed by atoms with E-state index in [0.717, 1.165) is 25.9 Å². The van der Waals surface area contributed by atoms with Crippen LogP contribution in [-0.4, -0.2) is 19.0 Å². The molecule has 0 saturated heterocycles. The molecule has 2 nitrogen and oxygen atoms in total. The van der Waals surface area contributed by atoms with Crippen LogP contribution < -0.4 is 0 Å². The van der Waals surface area contributed by atoms with Gasteiger partial charge in [-0.25, -0.2) is 0 Å². The second-order valence-electron chi connectivity index (χ2n) is 3.01. The minimum Gasteiger partial charge on any atom is -0.353 e. The first-order chi connectivity index (χ1) is 5.70. The summed E-state index contributed by atoms with van der Waals surface area (Å²) in [7, 11) is 0. The molecule has 0 aromatic heterocycles. The van der Waals surface area contributed by atoms with Crippen molar-refractivity contribution in [1.29, 1.82) is 0 Å². The highest BCUT2D eigenvalue weighted by atomic mass is 16.7. The normalized spacial score (nSPS) is 16.0. The second-order valence-corrected chi connectivity index (χ2v) is 3.01. The van der Waals surface area contributed by atoms with E-state index in [1.54, 1.807) is 0 Å². The molecule has 0 aromatic rings. The molecule has 0 aliphatic rings. The molecule has 2 unspecified atom stereocenters. The van der Waals surface area contributed by atoms with Crippen molar-refractivity contribution in [2.75, 3.05) is 6.61 Å². The molecule has 1 radical (unpaired) electrons. The number of rotatable bonds is 7. The molecule has 0 bridgehead atoms. The molecule has 0 rings (SSSR count). The Bertz CT molecular complexity index is 93.8. The third-order valence-corrected chi connectivity index (χ3v) is 1.76. The lowest BCUT2D eigenvalue weighted by molar-refractivity contribution is -0.140. The van der Waals surface area contributed by atoms with Crippen LogP contribution in [0.2, 0.25) is 0 Å². The summed E-state index contributed by atoms with van der Waals surface area (Å²) in [5.41, 5.74) is 0. The highest BCUT2D eigenvalue weighted by Crippen LogP contribution is 2.03.